The Bertz CT molecular complexity index is 2250. The second-order valence-corrected chi connectivity index (χ2v) is 19.6. The Balaban J connectivity index is 1.28. The van der Waals surface area contributed by atoms with Gasteiger partial charge in [0.25, 0.3) is 5.91 Å². The van der Waals surface area contributed by atoms with Crippen molar-refractivity contribution in [2.24, 2.45) is 17.1 Å². The number of esters is 1. The van der Waals surface area contributed by atoms with Gasteiger partial charge in [0.05, 0.1) is 25.9 Å². The minimum absolute atomic E-state index is 0.0798. The largest absolute Gasteiger partial charge is 0.496 e. The number of carbonyl (C=O) groups is 2. The number of nitrogens with one attached hydrogen (secondary N) is 2. The van der Waals surface area contributed by atoms with Crippen LogP contribution in [0.15, 0.2) is 48.6 Å². The van der Waals surface area contributed by atoms with Crippen molar-refractivity contribution in [1.29, 1.82) is 0 Å². The molecule has 2 saturated heterocycles. The number of aromatic amines is 1. The van der Waals surface area contributed by atoms with Crippen LogP contribution < -0.4 is 20.7 Å². The van der Waals surface area contributed by atoms with Gasteiger partial charge in [-0.1, -0.05) is 57.0 Å². The Labute approximate surface area is 366 Å². The van der Waals surface area contributed by atoms with Gasteiger partial charge >= 0.3 is 5.97 Å². The highest BCUT2D eigenvalue weighted by molar-refractivity contribution is 5.95. The topological polar surface area (TPSA) is 177 Å². The van der Waals surface area contributed by atoms with Crippen LogP contribution in [0.3, 0.4) is 0 Å². The number of para-hydroxylation sites is 1. The van der Waals surface area contributed by atoms with E-state index in [-0.39, 0.29) is 12.0 Å². The second-order valence-electron chi connectivity index (χ2n) is 19.6. The maximum absolute atomic E-state index is 15.4. The van der Waals surface area contributed by atoms with Crippen molar-refractivity contribution in [1.82, 2.24) is 20.1 Å². The van der Waals surface area contributed by atoms with E-state index in [4.69, 9.17) is 15.2 Å². The minimum Gasteiger partial charge on any atom is -0.496 e. The molecule has 1 aromatic heterocycles. The van der Waals surface area contributed by atoms with Crippen molar-refractivity contribution in [3.05, 3.63) is 70.9 Å². The van der Waals surface area contributed by atoms with E-state index in [0.717, 1.165) is 72.2 Å². The lowest BCUT2D eigenvalue weighted by molar-refractivity contribution is -0.203. The van der Waals surface area contributed by atoms with Gasteiger partial charge in [-0.15, -0.1) is 0 Å². The summed E-state index contributed by atoms with van der Waals surface area (Å²) in [5.74, 6) is -0.576. The molecule has 336 valence electrons. The number of piperidine rings is 1. The number of aliphatic hydroxyl groups excluding tert-OH is 1. The number of hydrogen-bond donors (Lipinski definition) is 6. The number of ether oxygens (including phenoxy) is 2. The maximum Gasteiger partial charge on any atom is 0.322 e. The summed E-state index contributed by atoms with van der Waals surface area (Å²) < 4.78 is 12.4. The molecule has 4 unspecified atom stereocenters. The van der Waals surface area contributed by atoms with E-state index in [1.54, 1.807) is 7.11 Å². The second kappa shape index (κ2) is 15.9. The SMILES string of the molecule is CCC12C=CCN3CC[C@@]4(c5cc([C@@]6(C(=O)OC)CC7CN(CCc8c6[nH]c6ccccc86)C[C@](O)(CC)C7)c(OC)cc5N(C)[C@H]4[C@@](O)(C(=O)NCCCCCCN)[C@@H]1O)C32. The highest BCUT2D eigenvalue weighted by Crippen LogP contribution is 2.67. The van der Waals surface area contributed by atoms with Crippen LogP contribution in [0.2, 0.25) is 0 Å². The van der Waals surface area contributed by atoms with Gasteiger partial charge in [0.15, 0.2) is 5.60 Å². The van der Waals surface area contributed by atoms with Gasteiger partial charge in [-0.2, -0.15) is 0 Å². The Kier molecular flexibility index (Phi) is 11.1. The number of carbonyl (C=O) groups excluding carboxylic acids is 2. The van der Waals surface area contributed by atoms with E-state index in [1.165, 1.54) is 7.11 Å². The Hall–Kier alpha value is -3.98. The zero-order valence-corrected chi connectivity index (χ0v) is 37.3. The van der Waals surface area contributed by atoms with Crippen LogP contribution in [-0.4, -0.2) is 138 Å². The predicted molar refractivity (Wildman–Crippen MR) is 239 cm³/mol. The van der Waals surface area contributed by atoms with E-state index in [0.29, 0.717) is 82.6 Å². The summed E-state index contributed by atoms with van der Waals surface area (Å²) in [5.41, 5.74) is 4.53. The maximum atomic E-state index is 15.4. The molecule has 2 bridgehead atoms. The number of anilines is 1. The van der Waals surface area contributed by atoms with Crippen LogP contribution in [0.1, 0.15) is 94.0 Å². The van der Waals surface area contributed by atoms with Crippen molar-refractivity contribution in [3.8, 4) is 5.75 Å². The van der Waals surface area contributed by atoms with Gasteiger partial charge in [0, 0.05) is 90.6 Å². The molecule has 5 aliphatic heterocycles. The van der Waals surface area contributed by atoms with E-state index >= 15 is 4.79 Å². The molecule has 10 atom stereocenters. The molecule has 0 radical (unpaired) electrons. The number of benzene rings is 2. The molecule has 6 heterocycles. The number of aromatic nitrogens is 1. The monoisotopic (exact) mass is 853 g/mol. The highest BCUT2D eigenvalue weighted by atomic mass is 16.5. The van der Waals surface area contributed by atoms with Crippen LogP contribution in [0.5, 0.6) is 5.75 Å². The normalized spacial score (nSPS) is 35.9. The molecular weight excluding hydrogens is 785 g/mol. The van der Waals surface area contributed by atoms with Crippen molar-refractivity contribution < 1.29 is 34.4 Å². The van der Waals surface area contributed by atoms with Crippen LogP contribution in [-0.2, 0) is 31.6 Å². The Morgan fingerprint density at radius 3 is 2.53 bits per heavy atom. The van der Waals surface area contributed by atoms with E-state index in [9.17, 15) is 20.1 Å². The smallest absolute Gasteiger partial charge is 0.322 e. The summed E-state index contributed by atoms with van der Waals surface area (Å²) in [6.45, 7) is 8.49. The minimum atomic E-state index is -2.21. The van der Waals surface area contributed by atoms with Crippen molar-refractivity contribution in [2.75, 3.05) is 72.0 Å². The van der Waals surface area contributed by atoms with Crippen molar-refractivity contribution in [3.63, 3.8) is 0 Å². The van der Waals surface area contributed by atoms with Crippen LogP contribution >= 0.6 is 0 Å². The lowest BCUT2D eigenvalue weighted by atomic mass is 9.47. The van der Waals surface area contributed by atoms with E-state index in [2.05, 4.69) is 50.5 Å². The van der Waals surface area contributed by atoms with Crippen LogP contribution in [0.25, 0.3) is 10.9 Å². The van der Waals surface area contributed by atoms with Gasteiger partial charge in [0.2, 0.25) is 0 Å². The molecule has 7 N–H and O–H groups in total. The Morgan fingerprint density at radius 1 is 1.00 bits per heavy atom. The molecule has 1 amide bonds. The average molecular weight is 853 g/mol. The first-order chi connectivity index (χ1) is 29.8. The number of aliphatic hydroxyl groups is 3. The molecule has 62 heavy (non-hydrogen) atoms. The third-order valence-electron chi connectivity index (χ3n) is 16.6. The zero-order valence-electron chi connectivity index (χ0n) is 37.3. The summed E-state index contributed by atoms with van der Waals surface area (Å²) in [6.07, 6.45) is 9.52. The molecule has 9 rings (SSSR count). The summed E-state index contributed by atoms with van der Waals surface area (Å²) in [6, 6.07) is 11.2. The molecular formula is C49H68N6O7. The number of nitrogens with zero attached hydrogens (tertiary/aromatic N) is 3. The van der Waals surface area contributed by atoms with Crippen LogP contribution in [0.4, 0.5) is 5.69 Å². The molecule has 1 spiro atoms. The first kappa shape index (κ1) is 43.3. The first-order valence-electron chi connectivity index (χ1n) is 23.2. The summed E-state index contributed by atoms with van der Waals surface area (Å²) >= 11 is 0. The molecule has 1 aliphatic carbocycles. The highest BCUT2D eigenvalue weighted by Gasteiger charge is 2.78. The number of rotatable bonds is 12. The standard InChI is InChI=1S/C49H68N6O7/c1-6-45(59)27-31-28-48(44(58)62-5,39-33(17-23-54(29-31)30-45)32-15-10-11-16-36(32)52-39)35-25-34-37(26-38(35)61-4)53(3)41-47(34)19-24-55-22-14-18-46(7-2,40(47)55)42(56)49(41,60)43(57)51-21-13-9-8-12-20-50/h10-11,14-16,18,25-26,31,40-42,52,56,59-60H,6-9,12-13,17,19-24,27-30,50H2,1-5H3,(H,51,57)/t31?,40?,41-,42-,45+,46?,47-,48+,49+/m1/s1. The third-order valence-corrected chi connectivity index (χ3v) is 16.6. The fraction of sp³-hybridized carbons (Fsp3) is 0.633. The Morgan fingerprint density at radius 2 is 1.79 bits per heavy atom. The number of nitrogens with two attached hydrogens (primary N) is 1. The number of likely N-dealkylation sites (N-methyl/N-ethyl adjacent to an activating group) is 1. The van der Waals surface area contributed by atoms with Gasteiger partial charge in [-0.25, -0.2) is 0 Å². The number of H-pyrrole nitrogens is 1. The molecule has 3 fully saturated rings. The molecule has 3 aromatic rings. The van der Waals surface area contributed by atoms with Gasteiger partial charge in [-0.05, 0) is 93.6 Å². The number of unbranched alkanes of at least 4 members (excludes halogenated alkanes) is 3. The lowest BCUT2D eigenvalue weighted by Gasteiger charge is -2.63. The van der Waals surface area contributed by atoms with Crippen LogP contribution in [0, 0.1) is 11.3 Å². The van der Waals surface area contributed by atoms with Crippen molar-refractivity contribution in [2.45, 2.75) is 118 Å². The molecule has 13 nitrogen and oxygen atoms in total. The molecule has 1 saturated carbocycles. The quantitative estimate of drug-likeness (QED) is 0.0887. The fourth-order valence-electron chi connectivity index (χ4n) is 14.0. The van der Waals surface area contributed by atoms with Gasteiger partial charge in [0.1, 0.15) is 17.3 Å². The number of hydrogen-bond acceptors (Lipinski definition) is 11. The average Bonchev–Trinajstić information content (AvgIpc) is 3.94. The summed E-state index contributed by atoms with van der Waals surface area (Å²) in [7, 11) is 5.00. The van der Waals surface area contributed by atoms with E-state index in [1.807, 2.05) is 44.0 Å². The molecule has 2 aromatic carbocycles. The summed E-state index contributed by atoms with van der Waals surface area (Å²) in [4.78, 5) is 40.8. The molecule has 13 heteroatoms. The number of amides is 1. The zero-order chi connectivity index (χ0) is 43.8. The third kappa shape index (κ3) is 6.01. The number of fused-ring (bicyclic) bond motifs is 6. The lowest BCUT2D eigenvalue weighted by Crippen LogP contribution is -2.81. The number of methoxy groups -OCH3 is 2. The van der Waals surface area contributed by atoms with E-state index < -0.39 is 51.5 Å². The predicted octanol–water partition coefficient (Wildman–Crippen LogP) is 3.88. The molecule has 6 aliphatic rings. The first-order valence-corrected chi connectivity index (χ1v) is 23.2. The van der Waals surface area contributed by atoms with Crippen molar-refractivity contribution >= 4 is 28.5 Å². The summed E-state index contributed by atoms with van der Waals surface area (Å²) in [5, 5.41) is 42.3. The fourth-order valence-corrected chi connectivity index (χ4v) is 14.0. The van der Waals surface area contributed by atoms with Gasteiger partial charge in [-0.3, -0.25) is 19.4 Å². The van der Waals surface area contributed by atoms with Gasteiger partial charge < -0.3 is 45.7 Å².